The number of benzene rings is 2. The van der Waals surface area contributed by atoms with Crippen LogP contribution in [-0.4, -0.2) is 19.0 Å². The van der Waals surface area contributed by atoms with E-state index < -0.39 is 0 Å². The number of para-hydroxylation sites is 2. The number of hydrogen-bond acceptors (Lipinski definition) is 2. The van der Waals surface area contributed by atoms with Crippen LogP contribution < -0.4 is 10.2 Å². The summed E-state index contributed by atoms with van der Waals surface area (Å²) in [4.78, 5) is 14.7. The number of amides is 1. The standard InChI is InChI=1S/C20H23ClN2O/c21-17-11-8-16(9-12-17)10-13-20(24)22-18-6-2-3-7-19(18)23-14-4-1-5-15-23/h2-3,6-9,11-12H,1,4-5,10,13-15H2,(H,22,24). The van der Waals surface area contributed by atoms with Crippen molar-refractivity contribution in [3.63, 3.8) is 0 Å². The van der Waals surface area contributed by atoms with E-state index in [2.05, 4.69) is 16.3 Å². The molecule has 24 heavy (non-hydrogen) atoms. The van der Waals surface area contributed by atoms with E-state index in [0.29, 0.717) is 6.42 Å². The lowest BCUT2D eigenvalue weighted by atomic mass is 10.1. The molecule has 0 spiro atoms. The van der Waals surface area contributed by atoms with Crippen molar-refractivity contribution in [2.75, 3.05) is 23.3 Å². The molecule has 0 aliphatic carbocycles. The molecule has 2 aromatic rings. The maximum Gasteiger partial charge on any atom is 0.224 e. The van der Waals surface area contributed by atoms with E-state index in [-0.39, 0.29) is 5.91 Å². The second kappa shape index (κ2) is 8.20. The molecule has 1 heterocycles. The maximum absolute atomic E-state index is 12.3. The Morgan fingerprint density at radius 1 is 1.00 bits per heavy atom. The second-order valence-electron chi connectivity index (χ2n) is 6.24. The first kappa shape index (κ1) is 16.8. The van der Waals surface area contributed by atoms with Crippen molar-refractivity contribution in [2.45, 2.75) is 32.1 Å². The number of carbonyl (C=O) groups is 1. The molecule has 0 atom stereocenters. The lowest BCUT2D eigenvalue weighted by Gasteiger charge is -2.30. The summed E-state index contributed by atoms with van der Waals surface area (Å²) in [6.07, 6.45) is 4.93. The predicted molar refractivity (Wildman–Crippen MR) is 101 cm³/mol. The van der Waals surface area contributed by atoms with E-state index in [4.69, 9.17) is 11.6 Å². The minimum absolute atomic E-state index is 0.0504. The van der Waals surface area contributed by atoms with Crippen LogP contribution in [0.1, 0.15) is 31.2 Å². The molecule has 1 fully saturated rings. The van der Waals surface area contributed by atoms with Crippen molar-refractivity contribution < 1.29 is 4.79 Å². The summed E-state index contributed by atoms with van der Waals surface area (Å²) in [6.45, 7) is 2.13. The molecule has 1 aliphatic heterocycles. The quantitative estimate of drug-likeness (QED) is 0.838. The maximum atomic E-state index is 12.3. The van der Waals surface area contributed by atoms with Gasteiger partial charge in [-0.25, -0.2) is 0 Å². The number of hydrogen-bond donors (Lipinski definition) is 1. The van der Waals surface area contributed by atoms with Gasteiger partial charge in [0.15, 0.2) is 0 Å². The third-order valence-electron chi connectivity index (χ3n) is 4.43. The smallest absolute Gasteiger partial charge is 0.224 e. The number of halogens is 1. The Morgan fingerprint density at radius 3 is 2.46 bits per heavy atom. The Morgan fingerprint density at radius 2 is 1.71 bits per heavy atom. The molecular formula is C20H23ClN2O. The fourth-order valence-corrected chi connectivity index (χ4v) is 3.24. The molecule has 2 aromatic carbocycles. The highest BCUT2D eigenvalue weighted by Crippen LogP contribution is 2.28. The first-order valence-corrected chi connectivity index (χ1v) is 8.98. The average Bonchev–Trinajstić information content (AvgIpc) is 2.62. The number of nitrogens with zero attached hydrogens (tertiary/aromatic N) is 1. The minimum Gasteiger partial charge on any atom is -0.370 e. The SMILES string of the molecule is O=C(CCc1ccc(Cl)cc1)Nc1ccccc1N1CCCCC1. The van der Waals surface area contributed by atoms with Crippen LogP contribution in [0.2, 0.25) is 5.02 Å². The molecule has 0 bridgehead atoms. The molecule has 4 heteroatoms. The predicted octanol–water partition coefficient (Wildman–Crippen LogP) is 4.90. The number of nitrogens with one attached hydrogen (secondary N) is 1. The van der Waals surface area contributed by atoms with Crippen LogP contribution >= 0.6 is 11.6 Å². The van der Waals surface area contributed by atoms with Crippen LogP contribution in [-0.2, 0) is 11.2 Å². The van der Waals surface area contributed by atoms with E-state index in [1.54, 1.807) is 0 Å². The topological polar surface area (TPSA) is 32.3 Å². The number of aryl methyl sites for hydroxylation is 1. The van der Waals surface area contributed by atoms with Crippen LogP contribution in [0.15, 0.2) is 48.5 Å². The summed E-state index contributed by atoms with van der Waals surface area (Å²) in [5.41, 5.74) is 3.18. The summed E-state index contributed by atoms with van der Waals surface area (Å²) in [5.74, 6) is 0.0504. The van der Waals surface area contributed by atoms with E-state index in [1.165, 1.54) is 19.3 Å². The third-order valence-corrected chi connectivity index (χ3v) is 4.68. The van der Waals surface area contributed by atoms with Crippen molar-refractivity contribution >= 4 is 28.9 Å². The number of carbonyl (C=O) groups excluding carboxylic acids is 1. The first-order chi connectivity index (χ1) is 11.7. The number of piperidine rings is 1. The van der Waals surface area contributed by atoms with Gasteiger partial charge in [0.25, 0.3) is 0 Å². The van der Waals surface area contributed by atoms with Crippen LogP contribution in [0.5, 0.6) is 0 Å². The molecule has 1 amide bonds. The monoisotopic (exact) mass is 342 g/mol. The highest BCUT2D eigenvalue weighted by atomic mass is 35.5. The lowest BCUT2D eigenvalue weighted by Crippen LogP contribution is -2.30. The first-order valence-electron chi connectivity index (χ1n) is 8.60. The van der Waals surface area contributed by atoms with Gasteiger partial charge in [0.1, 0.15) is 0 Å². The number of anilines is 2. The lowest BCUT2D eigenvalue weighted by molar-refractivity contribution is -0.116. The largest absolute Gasteiger partial charge is 0.370 e. The van der Waals surface area contributed by atoms with E-state index in [0.717, 1.165) is 41.5 Å². The molecule has 0 aromatic heterocycles. The minimum atomic E-state index is 0.0504. The zero-order valence-electron chi connectivity index (χ0n) is 13.8. The molecule has 3 nitrogen and oxygen atoms in total. The van der Waals surface area contributed by atoms with Crippen LogP contribution in [0, 0.1) is 0 Å². The van der Waals surface area contributed by atoms with E-state index in [1.807, 2.05) is 42.5 Å². The van der Waals surface area contributed by atoms with Gasteiger partial charge in [0, 0.05) is 24.5 Å². The van der Waals surface area contributed by atoms with Crippen molar-refractivity contribution in [2.24, 2.45) is 0 Å². The van der Waals surface area contributed by atoms with Crippen LogP contribution in [0.25, 0.3) is 0 Å². The zero-order valence-corrected chi connectivity index (χ0v) is 14.6. The van der Waals surface area contributed by atoms with Gasteiger partial charge in [-0.1, -0.05) is 35.9 Å². The molecule has 1 aliphatic rings. The van der Waals surface area contributed by atoms with E-state index in [9.17, 15) is 4.79 Å². The molecule has 1 saturated heterocycles. The van der Waals surface area contributed by atoms with Gasteiger partial charge in [0.2, 0.25) is 5.91 Å². The van der Waals surface area contributed by atoms with Crippen molar-refractivity contribution in [3.8, 4) is 0 Å². The molecule has 3 rings (SSSR count). The highest BCUT2D eigenvalue weighted by molar-refractivity contribution is 6.30. The van der Waals surface area contributed by atoms with Crippen LogP contribution in [0.4, 0.5) is 11.4 Å². The van der Waals surface area contributed by atoms with Gasteiger partial charge in [-0.2, -0.15) is 0 Å². The summed E-state index contributed by atoms with van der Waals surface area (Å²) in [5, 5.41) is 3.80. The fraction of sp³-hybridized carbons (Fsp3) is 0.350. The van der Waals surface area contributed by atoms with Crippen molar-refractivity contribution in [1.29, 1.82) is 0 Å². The molecule has 1 N–H and O–H groups in total. The summed E-state index contributed by atoms with van der Waals surface area (Å²) in [7, 11) is 0. The van der Waals surface area contributed by atoms with Gasteiger partial charge in [0.05, 0.1) is 11.4 Å². The Balaban J connectivity index is 1.60. The van der Waals surface area contributed by atoms with Gasteiger partial charge >= 0.3 is 0 Å². The Hall–Kier alpha value is -2.00. The summed E-state index contributed by atoms with van der Waals surface area (Å²) in [6, 6.07) is 15.8. The van der Waals surface area contributed by atoms with Crippen molar-refractivity contribution in [3.05, 3.63) is 59.1 Å². The molecular weight excluding hydrogens is 320 g/mol. The molecule has 126 valence electrons. The summed E-state index contributed by atoms with van der Waals surface area (Å²) < 4.78 is 0. The molecule has 0 unspecified atom stereocenters. The third kappa shape index (κ3) is 4.51. The normalized spacial score (nSPS) is 14.5. The number of rotatable bonds is 5. The highest BCUT2D eigenvalue weighted by Gasteiger charge is 2.15. The van der Waals surface area contributed by atoms with Gasteiger partial charge in [-0.3, -0.25) is 4.79 Å². The van der Waals surface area contributed by atoms with Gasteiger partial charge < -0.3 is 10.2 Å². The molecule has 0 radical (unpaired) electrons. The van der Waals surface area contributed by atoms with Crippen molar-refractivity contribution in [1.82, 2.24) is 0 Å². The average molecular weight is 343 g/mol. The summed E-state index contributed by atoms with van der Waals surface area (Å²) >= 11 is 5.89. The van der Waals surface area contributed by atoms with Gasteiger partial charge in [-0.05, 0) is 55.5 Å². The Bertz CT molecular complexity index is 678. The van der Waals surface area contributed by atoms with Crippen LogP contribution in [0.3, 0.4) is 0 Å². The van der Waals surface area contributed by atoms with E-state index >= 15 is 0 Å². The molecule has 0 saturated carbocycles. The Kier molecular flexibility index (Phi) is 5.76. The van der Waals surface area contributed by atoms with Gasteiger partial charge in [-0.15, -0.1) is 0 Å². The second-order valence-corrected chi connectivity index (χ2v) is 6.68. The zero-order chi connectivity index (χ0) is 16.8. The Labute approximate surface area is 148 Å². The fourth-order valence-electron chi connectivity index (χ4n) is 3.11.